The molecule has 0 amide bonds. The van der Waals surface area contributed by atoms with Crippen molar-refractivity contribution in [3.63, 3.8) is 0 Å². The molecule has 0 saturated carbocycles. The number of hydrogen-bond acceptors (Lipinski definition) is 2. The maximum absolute atomic E-state index is 12.5. The van der Waals surface area contributed by atoms with E-state index < -0.39 is 0 Å². The van der Waals surface area contributed by atoms with Gasteiger partial charge in [0.05, 0.1) is 0 Å². The van der Waals surface area contributed by atoms with Gasteiger partial charge in [-0.2, -0.15) is 0 Å². The van der Waals surface area contributed by atoms with Gasteiger partial charge in [-0.3, -0.25) is 4.79 Å². The Balaban J connectivity index is 2.12. The minimum Gasteiger partial charge on any atom is -0.289 e. The van der Waals surface area contributed by atoms with Gasteiger partial charge in [-0.05, 0) is 47.2 Å². The zero-order chi connectivity index (χ0) is 12.5. The van der Waals surface area contributed by atoms with E-state index in [9.17, 15) is 4.79 Å². The Kier molecular flexibility index (Phi) is 3.02. The lowest BCUT2D eigenvalue weighted by Crippen LogP contribution is -2.00. The van der Waals surface area contributed by atoms with Gasteiger partial charge in [-0.1, -0.05) is 28.1 Å². The maximum Gasteiger partial charge on any atom is 0.194 e. The summed E-state index contributed by atoms with van der Waals surface area (Å²) < 4.78 is 2.04. The second kappa shape index (κ2) is 4.67. The molecule has 0 aliphatic rings. The predicted octanol–water partition coefficient (Wildman–Crippen LogP) is 4.89. The number of fused-ring (bicyclic) bond motifs is 1. The Morgan fingerprint density at radius 1 is 1.00 bits per heavy atom. The topological polar surface area (TPSA) is 17.1 Å². The molecule has 0 atom stereocenters. The van der Waals surface area contributed by atoms with Crippen molar-refractivity contribution in [2.75, 3.05) is 0 Å². The Hall–Kier alpha value is -1.45. The van der Waals surface area contributed by atoms with E-state index in [4.69, 9.17) is 0 Å². The molecule has 0 saturated heterocycles. The number of benzene rings is 2. The van der Waals surface area contributed by atoms with Gasteiger partial charge in [0.15, 0.2) is 5.78 Å². The molecule has 88 valence electrons. The molecule has 3 heteroatoms. The second-order valence-corrected chi connectivity index (χ2v) is 5.81. The monoisotopic (exact) mass is 316 g/mol. The summed E-state index contributed by atoms with van der Waals surface area (Å²) in [6.07, 6.45) is 0. The van der Waals surface area contributed by atoms with Crippen LogP contribution >= 0.6 is 27.3 Å². The van der Waals surface area contributed by atoms with Crippen LogP contribution in [-0.4, -0.2) is 5.78 Å². The van der Waals surface area contributed by atoms with E-state index >= 15 is 0 Å². The smallest absolute Gasteiger partial charge is 0.194 e. The normalized spacial score (nSPS) is 10.7. The van der Waals surface area contributed by atoms with Crippen molar-refractivity contribution in [1.29, 1.82) is 0 Å². The summed E-state index contributed by atoms with van der Waals surface area (Å²) >= 11 is 4.99. The fraction of sp³-hybridized carbons (Fsp3) is 0. The third-order valence-electron chi connectivity index (χ3n) is 2.83. The highest BCUT2D eigenvalue weighted by Crippen LogP contribution is 2.26. The number of thiophene rings is 1. The van der Waals surface area contributed by atoms with Crippen LogP contribution in [0.25, 0.3) is 10.1 Å². The van der Waals surface area contributed by atoms with Crippen molar-refractivity contribution in [1.82, 2.24) is 0 Å². The molecule has 3 aromatic rings. The van der Waals surface area contributed by atoms with E-state index in [1.54, 1.807) is 11.3 Å². The molecule has 2 aromatic carbocycles. The number of carbonyl (C=O) groups excluding carboxylic acids is 1. The van der Waals surface area contributed by atoms with Crippen LogP contribution in [0.15, 0.2) is 58.4 Å². The number of rotatable bonds is 2. The second-order valence-electron chi connectivity index (χ2n) is 3.98. The predicted molar refractivity (Wildman–Crippen MR) is 79.4 cm³/mol. The standard InChI is InChI=1S/C15H9BrOS/c16-12-6-4-10(5-7-12)14(17)13-3-1-2-11-8-9-18-15(11)13/h1-9H. The minimum atomic E-state index is 0.0792. The molecule has 1 nitrogen and oxygen atoms in total. The Morgan fingerprint density at radius 3 is 2.56 bits per heavy atom. The number of halogens is 1. The molecule has 0 bridgehead atoms. The van der Waals surface area contributed by atoms with Gasteiger partial charge in [-0.15, -0.1) is 11.3 Å². The van der Waals surface area contributed by atoms with Crippen LogP contribution in [0.4, 0.5) is 0 Å². The van der Waals surface area contributed by atoms with Crippen molar-refractivity contribution in [3.05, 3.63) is 69.5 Å². The summed E-state index contributed by atoms with van der Waals surface area (Å²) in [5.74, 6) is 0.0792. The molecule has 0 unspecified atom stereocenters. The average molecular weight is 317 g/mol. The Bertz CT molecular complexity index is 713. The van der Waals surface area contributed by atoms with Gasteiger partial charge >= 0.3 is 0 Å². The zero-order valence-electron chi connectivity index (χ0n) is 9.39. The highest BCUT2D eigenvalue weighted by Gasteiger charge is 2.12. The third-order valence-corrected chi connectivity index (χ3v) is 4.32. The first-order valence-electron chi connectivity index (χ1n) is 5.52. The maximum atomic E-state index is 12.5. The van der Waals surface area contributed by atoms with Crippen molar-refractivity contribution < 1.29 is 4.79 Å². The van der Waals surface area contributed by atoms with Gasteiger partial charge in [0.25, 0.3) is 0 Å². The van der Waals surface area contributed by atoms with Crippen LogP contribution in [-0.2, 0) is 0 Å². The summed E-state index contributed by atoms with van der Waals surface area (Å²) in [7, 11) is 0. The minimum absolute atomic E-state index is 0.0792. The largest absolute Gasteiger partial charge is 0.289 e. The molecule has 0 radical (unpaired) electrons. The van der Waals surface area contributed by atoms with Crippen molar-refractivity contribution in [2.24, 2.45) is 0 Å². The molecular formula is C15H9BrOS. The summed E-state index contributed by atoms with van der Waals surface area (Å²) in [5.41, 5.74) is 1.50. The Labute approximate surface area is 117 Å². The molecule has 0 N–H and O–H groups in total. The van der Waals surface area contributed by atoms with E-state index in [1.807, 2.05) is 53.9 Å². The molecule has 1 heterocycles. The van der Waals surface area contributed by atoms with Gasteiger partial charge in [0, 0.05) is 20.3 Å². The summed E-state index contributed by atoms with van der Waals surface area (Å²) in [6, 6.07) is 15.4. The van der Waals surface area contributed by atoms with E-state index in [2.05, 4.69) is 15.9 Å². The lowest BCUT2D eigenvalue weighted by molar-refractivity contribution is 0.104. The molecular weight excluding hydrogens is 308 g/mol. The highest BCUT2D eigenvalue weighted by atomic mass is 79.9. The molecule has 1 aromatic heterocycles. The molecule has 18 heavy (non-hydrogen) atoms. The van der Waals surface area contributed by atoms with Gasteiger partial charge in [0.2, 0.25) is 0 Å². The molecule has 3 rings (SSSR count). The third kappa shape index (κ3) is 2.00. The Morgan fingerprint density at radius 2 is 1.78 bits per heavy atom. The summed E-state index contributed by atoms with van der Waals surface area (Å²) in [6.45, 7) is 0. The molecule has 0 aliphatic carbocycles. The number of carbonyl (C=O) groups is 1. The molecule has 0 spiro atoms. The zero-order valence-corrected chi connectivity index (χ0v) is 11.8. The van der Waals surface area contributed by atoms with Gasteiger partial charge in [0.1, 0.15) is 0 Å². The van der Waals surface area contributed by atoms with Crippen LogP contribution in [0.3, 0.4) is 0 Å². The quantitative estimate of drug-likeness (QED) is 0.615. The van der Waals surface area contributed by atoms with E-state index in [0.29, 0.717) is 0 Å². The SMILES string of the molecule is O=C(c1ccc(Br)cc1)c1cccc2ccsc12. The first-order chi connectivity index (χ1) is 8.75. The van der Waals surface area contributed by atoms with Crippen molar-refractivity contribution in [2.45, 2.75) is 0 Å². The summed E-state index contributed by atoms with van der Waals surface area (Å²) in [5, 5.41) is 3.14. The van der Waals surface area contributed by atoms with Gasteiger partial charge in [-0.25, -0.2) is 0 Å². The molecule has 0 fully saturated rings. The fourth-order valence-electron chi connectivity index (χ4n) is 1.93. The summed E-state index contributed by atoms with van der Waals surface area (Å²) in [4.78, 5) is 12.5. The van der Waals surface area contributed by atoms with Gasteiger partial charge < -0.3 is 0 Å². The van der Waals surface area contributed by atoms with E-state index in [-0.39, 0.29) is 5.78 Å². The lowest BCUT2D eigenvalue weighted by atomic mass is 10.0. The van der Waals surface area contributed by atoms with Crippen molar-refractivity contribution >= 4 is 43.1 Å². The van der Waals surface area contributed by atoms with Crippen molar-refractivity contribution in [3.8, 4) is 0 Å². The first-order valence-corrected chi connectivity index (χ1v) is 7.19. The highest BCUT2D eigenvalue weighted by molar-refractivity contribution is 9.10. The fourth-order valence-corrected chi connectivity index (χ4v) is 3.10. The average Bonchev–Trinajstić information content (AvgIpc) is 2.87. The molecule has 0 aliphatic heterocycles. The number of ketones is 1. The van der Waals surface area contributed by atoms with Crippen LogP contribution in [0.1, 0.15) is 15.9 Å². The lowest BCUT2D eigenvalue weighted by Gasteiger charge is -2.03. The van der Waals surface area contributed by atoms with E-state index in [0.717, 1.165) is 25.7 Å². The van der Waals surface area contributed by atoms with Crippen LogP contribution in [0.5, 0.6) is 0 Å². The number of hydrogen-bond donors (Lipinski definition) is 0. The van der Waals surface area contributed by atoms with Crippen LogP contribution < -0.4 is 0 Å². The van der Waals surface area contributed by atoms with E-state index in [1.165, 1.54) is 0 Å². The first kappa shape index (κ1) is 11.6. The van der Waals surface area contributed by atoms with Crippen LogP contribution in [0.2, 0.25) is 0 Å². The van der Waals surface area contributed by atoms with Crippen LogP contribution in [0, 0.1) is 0 Å².